The molecule has 0 aliphatic rings. The Bertz CT molecular complexity index is 681. The molecule has 0 saturated carbocycles. The third-order valence-corrected chi connectivity index (χ3v) is 2.94. The molecule has 0 bridgehead atoms. The first-order chi connectivity index (χ1) is 10.3. The number of nitrogens with one attached hydrogen (secondary N) is 1. The number of hydrogen-bond acceptors (Lipinski definition) is 2. The van der Waals surface area contributed by atoms with E-state index < -0.39 is 11.7 Å². The summed E-state index contributed by atoms with van der Waals surface area (Å²) in [5.41, 5.74) is 0.398. The summed E-state index contributed by atoms with van der Waals surface area (Å²) in [6, 6.07) is 6.42. The molecule has 0 radical (unpaired) electrons. The lowest BCUT2D eigenvalue weighted by Crippen LogP contribution is -2.30. The predicted molar refractivity (Wildman–Crippen MR) is 77.3 cm³/mol. The number of carbonyl (C=O) groups is 1. The number of hydrogen-bond donors (Lipinski definition) is 1. The number of benzene rings is 1. The van der Waals surface area contributed by atoms with Crippen LogP contribution in [-0.2, 0) is 6.18 Å². The van der Waals surface area contributed by atoms with E-state index in [1.807, 2.05) is 13.8 Å². The molecule has 0 atom stereocenters. The molecule has 3 nitrogen and oxygen atoms in total. The van der Waals surface area contributed by atoms with Crippen molar-refractivity contribution in [1.82, 2.24) is 10.3 Å². The van der Waals surface area contributed by atoms with Crippen LogP contribution < -0.4 is 5.32 Å². The molecule has 1 aromatic heterocycles. The molecular formula is C16H15F3N2O. The van der Waals surface area contributed by atoms with Gasteiger partial charge in [-0.15, -0.1) is 0 Å². The normalized spacial score (nSPS) is 11.5. The van der Waals surface area contributed by atoms with Gasteiger partial charge in [0.1, 0.15) is 0 Å². The van der Waals surface area contributed by atoms with Gasteiger partial charge in [0, 0.05) is 24.0 Å². The van der Waals surface area contributed by atoms with Crippen molar-refractivity contribution in [2.45, 2.75) is 26.1 Å². The highest BCUT2D eigenvalue weighted by Gasteiger charge is 2.30. The van der Waals surface area contributed by atoms with Gasteiger partial charge in [0.25, 0.3) is 5.91 Å². The molecule has 6 heteroatoms. The molecule has 2 aromatic rings. The topological polar surface area (TPSA) is 42.0 Å². The van der Waals surface area contributed by atoms with E-state index in [1.165, 1.54) is 24.5 Å². The highest BCUT2D eigenvalue weighted by atomic mass is 19.4. The maximum absolute atomic E-state index is 12.8. The minimum absolute atomic E-state index is 0.0373. The molecule has 116 valence electrons. The maximum atomic E-state index is 12.8. The fourth-order valence-corrected chi connectivity index (χ4v) is 1.94. The number of halogens is 3. The Labute approximate surface area is 126 Å². The average molecular weight is 308 g/mol. The standard InChI is InChI=1S/C16H15F3N2O/c1-10(2)21-15(22)13-6-12(8-20-9-13)11-4-3-5-14(7-11)16(17,18)19/h3-10H,1-2H3,(H,21,22). The third kappa shape index (κ3) is 3.84. The summed E-state index contributed by atoms with van der Waals surface area (Å²) in [6.45, 7) is 3.64. The molecule has 22 heavy (non-hydrogen) atoms. The number of rotatable bonds is 3. The van der Waals surface area contributed by atoms with Crippen LogP contribution in [0.15, 0.2) is 42.7 Å². The highest BCUT2D eigenvalue weighted by molar-refractivity contribution is 5.95. The van der Waals surface area contributed by atoms with Gasteiger partial charge in [-0.3, -0.25) is 9.78 Å². The smallest absolute Gasteiger partial charge is 0.350 e. The van der Waals surface area contributed by atoms with Crippen molar-refractivity contribution < 1.29 is 18.0 Å². The molecule has 1 aromatic carbocycles. The van der Waals surface area contributed by atoms with E-state index in [1.54, 1.807) is 6.07 Å². The lowest BCUT2D eigenvalue weighted by Gasteiger charge is -2.11. The van der Waals surface area contributed by atoms with Crippen molar-refractivity contribution in [3.8, 4) is 11.1 Å². The van der Waals surface area contributed by atoms with E-state index in [-0.39, 0.29) is 11.9 Å². The van der Waals surface area contributed by atoms with Crippen molar-refractivity contribution >= 4 is 5.91 Å². The quantitative estimate of drug-likeness (QED) is 0.934. The molecule has 0 fully saturated rings. The second-order valence-corrected chi connectivity index (χ2v) is 5.17. The van der Waals surface area contributed by atoms with Crippen LogP contribution in [0.1, 0.15) is 29.8 Å². The molecule has 0 unspecified atom stereocenters. The Kier molecular flexibility index (Phi) is 4.49. The molecule has 1 amide bonds. The predicted octanol–water partition coefficient (Wildman–Crippen LogP) is 3.91. The van der Waals surface area contributed by atoms with Crippen LogP contribution in [0.5, 0.6) is 0 Å². The van der Waals surface area contributed by atoms with Gasteiger partial charge < -0.3 is 5.32 Å². The van der Waals surface area contributed by atoms with Crippen molar-refractivity contribution in [1.29, 1.82) is 0 Å². The number of amides is 1. The first-order valence-electron chi connectivity index (χ1n) is 6.71. The second-order valence-electron chi connectivity index (χ2n) is 5.17. The number of carbonyl (C=O) groups excluding carboxylic acids is 1. The van der Waals surface area contributed by atoms with Gasteiger partial charge in [-0.1, -0.05) is 12.1 Å². The lowest BCUT2D eigenvalue weighted by atomic mass is 10.0. The minimum atomic E-state index is -4.41. The molecule has 0 saturated heterocycles. The molecular weight excluding hydrogens is 293 g/mol. The number of nitrogens with zero attached hydrogens (tertiary/aromatic N) is 1. The first-order valence-corrected chi connectivity index (χ1v) is 6.71. The van der Waals surface area contributed by atoms with Gasteiger partial charge in [-0.25, -0.2) is 0 Å². The van der Waals surface area contributed by atoms with Gasteiger partial charge in [-0.05, 0) is 37.6 Å². The molecule has 0 aliphatic heterocycles. The van der Waals surface area contributed by atoms with Gasteiger partial charge in [0.15, 0.2) is 0 Å². The van der Waals surface area contributed by atoms with Gasteiger partial charge in [0.05, 0.1) is 11.1 Å². The average Bonchev–Trinajstić information content (AvgIpc) is 2.46. The van der Waals surface area contributed by atoms with Crippen LogP contribution in [0, 0.1) is 0 Å². The summed E-state index contributed by atoms with van der Waals surface area (Å²) >= 11 is 0. The van der Waals surface area contributed by atoms with E-state index in [0.29, 0.717) is 16.7 Å². The zero-order valence-electron chi connectivity index (χ0n) is 12.1. The first kappa shape index (κ1) is 16.0. The molecule has 0 aliphatic carbocycles. The Morgan fingerprint density at radius 1 is 1.14 bits per heavy atom. The third-order valence-electron chi connectivity index (χ3n) is 2.94. The van der Waals surface area contributed by atoms with Crippen LogP contribution in [0.4, 0.5) is 13.2 Å². The fourth-order valence-electron chi connectivity index (χ4n) is 1.94. The van der Waals surface area contributed by atoms with Crippen molar-refractivity contribution in [2.24, 2.45) is 0 Å². The number of pyridine rings is 1. The summed E-state index contributed by atoms with van der Waals surface area (Å²) in [7, 11) is 0. The summed E-state index contributed by atoms with van der Waals surface area (Å²) in [5.74, 6) is -0.309. The Hall–Kier alpha value is -2.37. The Morgan fingerprint density at radius 2 is 1.86 bits per heavy atom. The summed E-state index contributed by atoms with van der Waals surface area (Å²) < 4.78 is 38.3. The Balaban J connectivity index is 2.36. The second kappa shape index (κ2) is 6.17. The van der Waals surface area contributed by atoms with Crippen molar-refractivity contribution in [3.63, 3.8) is 0 Å². The van der Waals surface area contributed by atoms with Crippen LogP contribution in [0.2, 0.25) is 0 Å². The van der Waals surface area contributed by atoms with E-state index in [9.17, 15) is 18.0 Å². The zero-order valence-corrected chi connectivity index (χ0v) is 12.1. The largest absolute Gasteiger partial charge is 0.416 e. The summed E-state index contributed by atoms with van der Waals surface area (Å²) in [5, 5.41) is 2.71. The van der Waals surface area contributed by atoms with E-state index in [0.717, 1.165) is 12.1 Å². The van der Waals surface area contributed by atoms with Crippen LogP contribution >= 0.6 is 0 Å². The van der Waals surface area contributed by atoms with Gasteiger partial charge in [0.2, 0.25) is 0 Å². The highest BCUT2D eigenvalue weighted by Crippen LogP contribution is 2.32. The summed E-state index contributed by atoms with van der Waals surface area (Å²) in [6.07, 6.45) is -1.59. The maximum Gasteiger partial charge on any atom is 0.416 e. The van der Waals surface area contributed by atoms with Crippen LogP contribution in [0.25, 0.3) is 11.1 Å². The zero-order chi connectivity index (χ0) is 16.3. The van der Waals surface area contributed by atoms with Crippen molar-refractivity contribution in [2.75, 3.05) is 0 Å². The molecule has 1 N–H and O–H groups in total. The van der Waals surface area contributed by atoms with Crippen LogP contribution in [0.3, 0.4) is 0 Å². The monoisotopic (exact) mass is 308 g/mol. The molecule has 0 spiro atoms. The molecule has 2 rings (SSSR count). The van der Waals surface area contributed by atoms with E-state index in [4.69, 9.17) is 0 Å². The van der Waals surface area contributed by atoms with Gasteiger partial charge in [-0.2, -0.15) is 13.2 Å². The van der Waals surface area contributed by atoms with Crippen LogP contribution in [-0.4, -0.2) is 16.9 Å². The van der Waals surface area contributed by atoms with E-state index in [2.05, 4.69) is 10.3 Å². The SMILES string of the molecule is CC(C)NC(=O)c1cncc(-c2cccc(C(F)(F)F)c2)c1. The molecule has 1 heterocycles. The summed E-state index contributed by atoms with van der Waals surface area (Å²) in [4.78, 5) is 15.9. The fraction of sp³-hybridized carbons (Fsp3) is 0.250. The lowest BCUT2D eigenvalue weighted by molar-refractivity contribution is -0.137. The van der Waals surface area contributed by atoms with Gasteiger partial charge >= 0.3 is 6.18 Å². The minimum Gasteiger partial charge on any atom is -0.350 e. The Morgan fingerprint density at radius 3 is 2.50 bits per heavy atom. The number of alkyl halides is 3. The van der Waals surface area contributed by atoms with E-state index >= 15 is 0 Å². The van der Waals surface area contributed by atoms with Crippen molar-refractivity contribution in [3.05, 3.63) is 53.9 Å². The number of aromatic nitrogens is 1.